The number of nitrogens with one attached hydrogen (secondary N) is 1. The van der Waals surface area contributed by atoms with E-state index in [0.717, 1.165) is 27.7 Å². The average molecular weight is 267 g/mol. The number of fused-ring (bicyclic) bond motifs is 1. The Morgan fingerprint density at radius 3 is 2.53 bits per heavy atom. The van der Waals surface area contributed by atoms with Crippen LogP contribution in [-0.4, -0.2) is 4.98 Å². The second kappa shape index (κ2) is 4.46. The molecule has 0 unspecified atom stereocenters. The van der Waals surface area contributed by atoms with Gasteiger partial charge in [-0.2, -0.15) is 5.26 Å². The monoisotopic (exact) mass is 266 g/mol. The van der Waals surface area contributed by atoms with Gasteiger partial charge in [0.15, 0.2) is 0 Å². The number of aromatic amines is 1. The summed E-state index contributed by atoms with van der Waals surface area (Å²) in [5, 5.41) is 11.1. The first-order valence-electron chi connectivity index (χ1n) is 5.97. The lowest BCUT2D eigenvalue weighted by Crippen LogP contribution is -1.81. The fraction of sp³-hybridized carbons (Fsp3) is 0.0625. The van der Waals surface area contributed by atoms with Gasteiger partial charge < -0.3 is 4.98 Å². The van der Waals surface area contributed by atoms with Gasteiger partial charge in [-0.1, -0.05) is 35.4 Å². The van der Waals surface area contributed by atoms with E-state index >= 15 is 0 Å². The molecule has 1 N–H and O–H groups in total. The first-order valence-corrected chi connectivity index (χ1v) is 6.35. The highest BCUT2D eigenvalue weighted by molar-refractivity contribution is 6.30. The summed E-state index contributed by atoms with van der Waals surface area (Å²) >= 11 is 5.90. The minimum Gasteiger partial charge on any atom is -0.353 e. The number of rotatable bonds is 1. The van der Waals surface area contributed by atoms with Crippen LogP contribution in [0, 0.1) is 18.3 Å². The maximum absolute atomic E-state index is 9.42. The van der Waals surface area contributed by atoms with E-state index in [0.29, 0.717) is 10.6 Å². The minimum atomic E-state index is 0.682. The van der Waals surface area contributed by atoms with Crippen LogP contribution in [0.5, 0.6) is 0 Å². The molecule has 0 radical (unpaired) electrons. The molecule has 1 aromatic heterocycles. The molecule has 0 spiro atoms. The predicted molar refractivity (Wildman–Crippen MR) is 78.2 cm³/mol. The Kier molecular flexibility index (Phi) is 2.77. The number of hydrogen-bond acceptors (Lipinski definition) is 1. The fourth-order valence-electron chi connectivity index (χ4n) is 2.25. The van der Waals surface area contributed by atoms with Gasteiger partial charge in [0.2, 0.25) is 0 Å². The molecule has 0 fully saturated rings. The molecular formula is C16H11ClN2. The van der Waals surface area contributed by atoms with E-state index in [9.17, 15) is 5.26 Å². The zero-order chi connectivity index (χ0) is 13.4. The summed E-state index contributed by atoms with van der Waals surface area (Å²) in [5.41, 5.74) is 4.62. The van der Waals surface area contributed by atoms with Gasteiger partial charge in [0.25, 0.3) is 0 Å². The van der Waals surface area contributed by atoms with Crippen LogP contribution in [0.15, 0.2) is 42.5 Å². The normalized spacial score (nSPS) is 10.6. The van der Waals surface area contributed by atoms with E-state index in [1.807, 2.05) is 49.4 Å². The fourth-order valence-corrected chi connectivity index (χ4v) is 2.38. The van der Waals surface area contributed by atoms with Gasteiger partial charge >= 0.3 is 0 Å². The third kappa shape index (κ3) is 1.99. The van der Waals surface area contributed by atoms with Crippen molar-refractivity contribution in [2.24, 2.45) is 0 Å². The molecule has 19 heavy (non-hydrogen) atoms. The Balaban J connectivity index is 2.29. The minimum absolute atomic E-state index is 0.682. The molecule has 92 valence electrons. The van der Waals surface area contributed by atoms with Gasteiger partial charge in [0, 0.05) is 15.9 Å². The van der Waals surface area contributed by atoms with Crippen LogP contribution in [0.25, 0.3) is 22.2 Å². The summed E-state index contributed by atoms with van der Waals surface area (Å²) in [5.74, 6) is 0. The number of H-pyrrole nitrogens is 1. The highest BCUT2D eigenvalue weighted by Crippen LogP contribution is 2.30. The molecule has 3 aromatic rings. The number of nitriles is 1. The molecule has 0 saturated heterocycles. The van der Waals surface area contributed by atoms with Crippen molar-refractivity contribution in [3.8, 4) is 17.3 Å². The summed E-state index contributed by atoms with van der Waals surface area (Å²) in [6, 6.07) is 15.9. The smallest absolute Gasteiger partial charge is 0.102 e. The molecule has 0 atom stereocenters. The number of nitrogens with zero attached hydrogens (tertiary/aromatic N) is 1. The maximum Gasteiger partial charge on any atom is 0.102 e. The van der Waals surface area contributed by atoms with Crippen LogP contribution in [-0.2, 0) is 0 Å². The van der Waals surface area contributed by atoms with Crippen molar-refractivity contribution in [3.63, 3.8) is 0 Å². The number of halogens is 1. The second-order valence-corrected chi connectivity index (χ2v) is 4.98. The standard InChI is InChI=1S/C16H11ClN2/c1-10-2-7-15-13(8-10)14(9-18)16(19-15)11-3-5-12(17)6-4-11/h2-8,19H,1H3. The molecule has 0 amide bonds. The van der Waals surface area contributed by atoms with Gasteiger partial charge in [-0.25, -0.2) is 0 Å². The number of aromatic nitrogens is 1. The Labute approximate surface area is 116 Å². The third-order valence-electron chi connectivity index (χ3n) is 3.20. The van der Waals surface area contributed by atoms with Crippen LogP contribution in [0.2, 0.25) is 5.02 Å². The Bertz CT molecular complexity index is 792. The molecular weight excluding hydrogens is 256 g/mol. The van der Waals surface area contributed by atoms with Crippen LogP contribution in [0.1, 0.15) is 11.1 Å². The highest BCUT2D eigenvalue weighted by Gasteiger charge is 2.12. The van der Waals surface area contributed by atoms with Crippen LogP contribution < -0.4 is 0 Å². The zero-order valence-corrected chi connectivity index (χ0v) is 11.1. The first kappa shape index (κ1) is 11.8. The lowest BCUT2D eigenvalue weighted by molar-refractivity contribution is 1.42. The van der Waals surface area contributed by atoms with Gasteiger partial charge in [-0.3, -0.25) is 0 Å². The molecule has 2 aromatic carbocycles. The largest absolute Gasteiger partial charge is 0.353 e. The van der Waals surface area contributed by atoms with Crippen molar-refractivity contribution in [1.82, 2.24) is 4.98 Å². The quantitative estimate of drug-likeness (QED) is 0.683. The molecule has 0 saturated carbocycles. The molecule has 1 heterocycles. The zero-order valence-electron chi connectivity index (χ0n) is 10.4. The molecule has 2 nitrogen and oxygen atoms in total. The Hall–Kier alpha value is -2.24. The van der Waals surface area contributed by atoms with E-state index in [1.165, 1.54) is 0 Å². The summed E-state index contributed by atoms with van der Waals surface area (Å²) in [6.07, 6.45) is 0. The summed E-state index contributed by atoms with van der Waals surface area (Å²) in [6.45, 7) is 2.02. The van der Waals surface area contributed by atoms with Crippen molar-refractivity contribution in [3.05, 3.63) is 58.6 Å². The van der Waals surface area contributed by atoms with Gasteiger partial charge in [-0.15, -0.1) is 0 Å². The summed E-state index contributed by atoms with van der Waals surface area (Å²) in [7, 11) is 0. The van der Waals surface area contributed by atoms with Crippen molar-refractivity contribution in [2.45, 2.75) is 6.92 Å². The SMILES string of the molecule is Cc1ccc2[nH]c(-c3ccc(Cl)cc3)c(C#N)c2c1. The summed E-state index contributed by atoms with van der Waals surface area (Å²) < 4.78 is 0. The third-order valence-corrected chi connectivity index (χ3v) is 3.45. The Morgan fingerprint density at radius 1 is 1.11 bits per heavy atom. The number of aryl methyl sites for hydroxylation is 1. The summed E-state index contributed by atoms with van der Waals surface area (Å²) in [4.78, 5) is 3.31. The van der Waals surface area contributed by atoms with E-state index < -0.39 is 0 Å². The molecule has 3 heteroatoms. The van der Waals surface area contributed by atoms with Crippen molar-refractivity contribution < 1.29 is 0 Å². The van der Waals surface area contributed by atoms with E-state index in [-0.39, 0.29) is 0 Å². The lowest BCUT2D eigenvalue weighted by Gasteiger charge is -1.99. The average Bonchev–Trinajstić information content (AvgIpc) is 2.77. The van der Waals surface area contributed by atoms with Crippen molar-refractivity contribution in [1.29, 1.82) is 5.26 Å². The van der Waals surface area contributed by atoms with Crippen molar-refractivity contribution >= 4 is 22.5 Å². The lowest BCUT2D eigenvalue weighted by atomic mass is 10.1. The second-order valence-electron chi connectivity index (χ2n) is 4.54. The molecule has 0 aliphatic heterocycles. The number of hydrogen-bond donors (Lipinski definition) is 1. The predicted octanol–water partition coefficient (Wildman–Crippen LogP) is 4.67. The Morgan fingerprint density at radius 2 is 1.84 bits per heavy atom. The maximum atomic E-state index is 9.42. The van der Waals surface area contributed by atoms with E-state index in [4.69, 9.17) is 11.6 Å². The first-order chi connectivity index (χ1) is 9.19. The molecule has 3 rings (SSSR count). The van der Waals surface area contributed by atoms with Gasteiger partial charge in [0.1, 0.15) is 6.07 Å². The van der Waals surface area contributed by atoms with E-state index in [1.54, 1.807) is 0 Å². The topological polar surface area (TPSA) is 39.6 Å². The van der Waals surface area contributed by atoms with Crippen molar-refractivity contribution in [2.75, 3.05) is 0 Å². The van der Waals surface area contributed by atoms with Gasteiger partial charge in [0.05, 0.1) is 11.3 Å². The van der Waals surface area contributed by atoms with Crippen LogP contribution in [0.4, 0.5) is 0 Å². The van der Waals surface area contributed by atoms with Crippen LogP contribution in [0.3, 0.4) is 0 Å². The molecule has 0 bridgehead atoms. The van der Waals surface area contributed by atoms with Crippen LogP contribution >= 0.6 is 11.6 Å². The van der Waals surface area contributed by atoms with Gasteiger partial charge in [-0.05, 0) is 36.8 Å². The molecule has 0 aliphatic rings. The number of benzene rings is 2. The van der Waals surface area contributed by atoms with E-state index in [2.05, 4.69) is 11.1 Å². The highest BCUT2D eigenvalue weighted by atomic mass is 35.5. The molecule has 0 aliphatic carbocycles.